The van der Waals surface area contributed by atoms with E-state index in [0.29, 0.717) is 17.1 Å². The highest BCUT2D eigenvalue weighted by Crippen LogP contribution is 2.33. The SMILES string of the molecule is COc1ccc(-n2ccc(C)c(C(=O)NC3CCCc4sc(C)nc43)c2=O)cn1. The number of carbonyl (C=O) groups excluding carboxylic acids is 1. The van der Waals surface area contributed by atoms with Crippen LogP contribution in [0.2, 0.25) is 0 Å². The summed E-state index contributed by atoms with van der Waals surface area (Å²) in [6, 6.07) is 5.01. The Hall–Kier alpha value is -3.00. The third-order valence-corrected chi connectivity index (χ3v) is 6.15. The maximum absolute atomic E-state index is 13.1. The minimum Gasteiger partial charge on any atom is -0.481 e. The molecule has 1 atom stereocenters. The van der Waals surface area contributed by atoms with Crippen molar-refractivity contribution in [3.8, 4) is 11.6 Å². The molecule has 4 rings (SSSR count). The first kappa shape index (κ1) is 19.3. The van der Waals surface area contributed by atoms with E-state index >= 15 is 0 Å². The molecule has 0 radical (unpaired) electrons. The van der Waals surface area contributed by atoms with Gasteiger partial charge in [0.1, 0.15) is 5.56 Å². The van der Waals surface area contributed by atoms with Crippen LogP contribution in [-0.4, -0.2) is 27.6 Å². The maximum Gasteiger partial charge on any atom is 0.268 e. The van der Waals surface area contributed by atoms with E-state index in [4.69, 9.17) is 4.74 Å². The van der Waals surface area contributed by atoms with Crippen molar-refractivity contribution in [2.45, 2.75) is 39.2 Å². The molecule has 3 aromatic heterocycles. The first-order valence-electron chi connectivity index (χ1n) is 9.47. The van der Waals surface area contributed by atoms with Gasteiger partial charge in [-0.25, -0.2) is 9.97 Å². The average Bonchev–Trinajstić information content (AvgIpc) is 3.09. The van der Waals surface area contributed by atoms with Crippen LogP contribution in [0.25, 0.3) is 5.69 Å². The summed E-state index contributed by atoms with van der Waals surface area (Å²) < 4.78 is 6.49. The van der Waals surface area contributed by atoms with Gasteiger partial charge in [0.05, 0.1) is 35.7 Å². The third kappa shape index (κ3) is 3.67. The number of rotatable bonds is 4. The summed E-state index contributed by atoms with van der Waals surface area (Å²) in [5.41, 5.74) is 1.92. The number of methoxy groups -OCH3 is 1. The first-order valence-corrected chi connectivity index (χ1v) is 10.3. The molecular weight excluding hydrogens is 388 g/mol. The fourth-order valence-electron chi connectivity index (χ4n) is 3.65. The van der Waals surface area contributed by atoms with Gasteiger partial charge in [0.25, 0.3) is 11.5 Å². The van der Waals surface area contributed by atoms with Crippen molar-refractivity contribution in [3.05, 3.63) is 67.7 Å². The molecule has 0 spiro atoms. The minimum absolute atomic E-state index is 0.141. The van der Waals surface area contributed by atoms with E-state index in [1.54, 1.807) is 48.9 Å². The van der Waals surface area contributed by atoms with Gasteiger partial charge < -0.3 is 10.1 Å². The van der Waals surface area contributed by atoms with Crippen LogP contribution in [0, 0.1) is 13.8 Å². The standard InChI is InChI=1S/C21H22N4O3S/c1-12-9-10-25(14-7-8-17(28-3)22-11-14)21(27)18(12)20(26)24-15-5-4-6-16-19(15)23-13(2)29-16/h7-11,15H,4-6H2,1-3H3,(H,24,26). The number of ether oxygens (including phenoxy) is 1. The molecule has 0 saturated carbocycles. The molecule has 0 fully saturated rings. The lowest BCUT2D eigenvalue weighted by Crippen LogP contribution is -2.36. The second-order valence-corrected chi connectivity index (χ2v) is 8.35. The molecule has 3 heterocycles. The summed E-state index contributed by atoms with van der Waals surface area (Å²) >= 11 is 1.68. The number of amides is 1. The zero-order valence-corrected chi connectivity index (χ0v) is 17.4. The van der Waals surface area contributed by atoms with Gasteiger partial charge in [-0.15, -0.1) is 11.3 Å². The first-order chi connectivity index (χ1) is 14.0. The van der Waals surface area contributed by atoms with E-state index in [-0.39, 0.29) is 23.1 Å². The molecule has 1 N–H and O–H groups in total. The molecule has 0 saturated heterocycles. The second kappa shape index (κ2) is 7.79. The summed E-state index contributed by atoms with van der Waals surface area (Å²) in [5.74, 6) is 0.0883. The Morgan fingerprint density at radius 1 is 1.31 bits per heavy atom. The van der Waals surface area contributed by atoms with Crippen molar-refractivity contribution in [2.24, 2.45) is 0 Å². The number of hydrogen-bond acceptors (Lipinski definition) is 6. The van der Waals surface area contributed by atoms with Crippen LogP contribution < -0.4 is 15.6 Å². The summed E-state index contributed by atoms with van der Waals surface area (Å²) in [7, 11) is 1.53. The normalized spacial score (nSPS) is 15.6. The molecule has 8 heteroatoms. The predicted octanol–water partition coefficient (Wildman–Crippen LogP) is 3.12. The van der Waals surface area contributed by atoms with Crippen molar-refractivity contribution in [1.82, 2.24) is 19.9 Å². The lowest BCUT2D eigenvalue weighted by molar-refractivity contribution is 0.0929. The second-order valence-electron chi connectivity index (χ2n) is 7.07. The summed E-state index contributed by atoms with van der Waals surface area (Å²) in [6.45, 7) is 3.75. The van der Waals surface area contributed by atoms with Crippen LogP contribution >= 0.6 is 11.3 Å². The van der Waals surface area contributed by atoms with Gasteiger partial charge >= 0.3 is 0 Å². The molecule has 150 valence electrons. The number of aryl methyl sites for hydroxylation is 3. The summed E-state index contributed by atoms with van der Waals surface area (Å²) in [4.78, 5) is 36.2. The number of nitrogens with one attached hydrogen (secondary N) is 1. The Labute approximate surface area is 172 Å². The average molecular weight is 410 g/mol. The largest absolute Gasteiger partial charge is 0.481 e. The highest BCUT2D eigenvalue weighted by molar-refractivity contribution is 7.11. The number of fused-ring (bicyclic) bond motifs is 1. The van der Waals surface area contributed by atoms with Crippen LogP contribution in [-0.2, 0) is 6.42 Å². The van der Waals surface area contributed by atoms with Crippen molar-refractivity contribution in [1.29, 1.82) is 0 Å². The van der Waals surface area contributed by atoms with E-state index in [1.165, 1.54) is 16.6 Å². The van der Waals surface area contributed by atoms with Crippen LogP contribution in [0.5, 0.6) is 5.88 Å². The molecule has 0 aliphatic heterocycles. The molecule has 1 aliphatic rings. The number of aromatic nitrogens is 3. The monoisotopic (exact) mass is 410 g/mol. The fourth-order valence-corrected chi connectivity index (χ4v) is 4.69. The maximum atomic E-state index is 13.1. The van der Waals surface area contributed by atoms with Crippen molar-refractivity contribution >= 4 is 17.2 Å². The molecule has 0 aromatic carbocycles. The molecule has 29 heavy (non-hydrogen) atoms. The topological polar surface area (TPSA) is 86.1 Å². The van der Waals surface area contributed by atoms with E-state index in [9.17, 15) is 9.59 Å². The molecule has 3 aromatic rings. The molecule has 1 unspecified atom stereocenters. The highest BCUT2D eigenvalue weighted by Gasteiger charge is 2.27. The van der Waals surface area contributed by atoms with Gasteiger partial charge in [-0.1, -0.05) is 0 Å². The quantitative estimate of drug-likeness (QED) is 0.714. The number of hydrogen-bond donors (Lipinski definition) is 1. The van der Waals surface area contributed by atoms with Crippen LogP contribution in [0.3, 0.4) is 0 Å². The smallest absolute Gasteiger partial charge is 0.268 e. The van der Waals surface area contributed by atoms with Gasteiger partial charge in [0.2, 0.25) is 5.88 Å². The number of nitrogens with zero attached hydrogens (tertiary/aromatic N) is 3. The van der Waals surface area contributed by atoms with E-state index in [2.05, 4.69) is 15.3 Å². The lowest BCUT2D eigenvalue weighted by Gasteiger charge is -2.22. The zero-order chi connectivity index (χ0) is 20.5. The summed E-state index contributed by atoms with van der Waals surface area (Å²) in [6.07, 6.45) is 6.01. The van der Waals surface area contributed by atoms with Gasteiger partial charge in [0, 0.05) is 17.1 Å². The van der Waals surface area contributed by atoms with Crippen molar-refractivity contribution in [2.75, 3.05) is 7.11 Å². The molecule has 0 bridgehead atoms. The zero-order valence-electron chi connectivity index (χ0n) is 16.6. The predicted molar refractivity (Wildman–Crippen MR) is 111 cm³/mol. The fraction of sp³-hybridized carbons (Fsp3) is 0.333. The summed E-state index contributed by atoms with van der Waals surface area (Å²) in [5, 5.41) is 4.04. The Morgan fingerprint density at radius 2 is 2.14 bits per heavy atom. The van der Waals surface area contributed by atoms with Crippen LogP contribution in [0.1, 0.15) is 50.4 Å². The van der Waals surface area contributed by atoms with Gasteiger partial charge in [-0.05, 0) is 50.8 Å². The number of thiazole rings is 1. The Balaban J connectivity index is 1.66. The van der Waals surface area contributed by atoms with E-state index in [0.717, 1.165) is 30.0 Å². The molecule has 1 aliphatic carbocycles. The molecular formula is C21H22N4O3S. The van der Waals surface area contributed by atoms with E-state index in [1.807, 2.05) is 6.92 Å². The third-order valence-electron chi connectivity index (χ3n) is 5.10. The molecule has 1 amide bonds. The minimum atomic E-state index is -0.375. The van der Waals surface area contributed by atoms with Gasteiger partial charge in [-0.2, -0.15) is 0 Å². The Bertz CT molecular complexity index is 1120. The number of pyridine rings is 2. The van der Waals surface area contributed by atoms with Crippen LogP contribution in [0.4, 0.5) is 0 Å². The Kier molecular flexibility index (Phi) is 5.19. The molecule has 7 nitrogen and oxygen atoms in total. The highest BCUT2D eigenvalue weighted by atomic mass is 32.1. The van der Waals surface area contributed by atoms with Crippen molar-refractivity contribution in [3.63, 3.8) is 0 Å². The van der Waals surface area contributed by atoms with Crippen LogP contribution in [0.15, 0.2) is 35.4 Å². The Morgan fingerprint density at radius 3 is 2.86 bits per heavy atom. The van der Waals surface area contributed by atoms with Gasteiger partial charge in [0.15, 0.2) is 0 Å². The van der Waals surface area contributed by atoms with E-state index < -0.39 is 0 Å². The van der Waals surface area contributed by atoms with Crippen molar-refractivity contribution < 1.29 is 9.53 Å². The number of carbonyl (C=O) groups is 1. The van der Waals surface area contributed by atoms with Gasteiger partial charge in [-0.3, -0.25) is 14.2 Å². The lowest BCUT2D eigenvalue weighted by atomic mass is 9.97.